The molecule has 0 fully saturated rings. The van der Waals surface area contributed by atoms with Crippen molar-refractivity contribution in [3.05, 3.63) is 34.1 Å². The van der Waals surface area contributed by atoms with Gasteiger partial charge in [0, 0.05) is 12.2 Å². The van der Waals surface area contributed by atoms with Crippen molar-refractivity contribution in [2.45, 2.75) is 13.0 Å². The van der Waals surface area contributed by atoms with Gasteiger partial charge in [0.1, 0.15) is 12.0 Å². The second kappa shape index (κ2) is 3.64. The van der Waals surface area contributed by atoms with Crippen molar-refractivity contribution in [3.63, 3.8) is 0 Å². The number of nitrogens with one attached hydrogen (secondary N) is 1. The predicted octanol–water partition coefficient (Wildman–Crippen LogP) is 0.728. The first-order valence-corrected chi connectivity index (χ1v) is 4.58. The number of rotatable bonds is 2. The molecular weight excluding hydrogens is 196 g/mol. The van der Waals surface area contributed by atoms with Crippen LogP contribution >= 0.6 is 0 Å². The van der Waals surface area contributed by atoms with Crippen LogP contribution in [0.3, 0.4) is 0 Å². The van der Waals surface area contributed by atoms with E-state index in [1.165, 1.54) is 12.4 Å². The summed E-state index contributed by atoms with van der Waals surface area (Å²) >= 11 is 0. The normalized spacial score (nSPS) is 19.5. The Morgan fingerprint density at radius 3 is 3.07 bits per heavy atom. The van der Waals surface area contributed by atoms with Crippen molar-refractivity contribution in [3.8, 4) is 0 Å². The average Bonchev–Trinajstić information content (AvgIpc) is 2.65. The maximum Gasteiger partial charge on any atom is 0.298 e. The van der Waals surface area contributed by atoms with E-state index in [2.05, 4.69) is 15.3 Å². The molecule has 0 spiro atoms. The molecule has 6 nitrogen and oxygen atoms in total. The SMILES string of the molecule is CC1CN=C(c2ccncc2[N+](=O)[O-])N1. The fourth-order valence-electron chi connectivity index (χ4n) is 1.45. The second-order valence-electron chi connectivity index (χ2n) is 3.38. The molecule has 0 amide bonds. The van der Waals surface area contributed by atoms with Gasteiger partial charge in [-0.1, -0.05) is 0 Å². The molecule has 2 heterocycles. The summed E-state index contributed by atoms with van der Waals surface area (Å²) in [4.78, 5) is 18.2. The highest BCUT2D eigenvalue weighted by Gasteiger charge is 2.22. The first kappa shape index (κ1) is 9.57. The molecule has 15 heavy (non-hydrogen) atoms. The largest absolute Gasteiger partial charge is 0.365 e. The molecule has 1 N–H and O–H groups in total. The van der Waals surface area contributed by atoms with Crippen molar-refractivity contribution in [2.24, 2.45) is 4.99 Å². The first-order valence-electron chi connectivity index (χ1n) is 4.58. The molecule has 1 aromatic rings. The monoisotopic (exact) mass is 206 g/mol. The maximum atomic E-state index is 10.7. The van der Waals surface area contributed by atoms with Crippen molar-refractivity contribution < 1.29 is 4.92 Å². The van der Waals surface area contributed by atoms with Gasteiger partial charge in [-0.3, -0.25) is 20.1 Å². The molecule has 0 radical (unpaired) electrons. The van der Waals surface area contributed by atoms with Gasteiger partial charge >= 0.3 is 0 Å². The van der Waals surface area contributed by atoms with Crippen LogP contribution in [0.1, 0.15) is 12.5 Å². The number of nitrogens with zero attached hydrogens (tertiary/aromatic N) is 3. The van der Waals surface area contributed by atoms with E-state index in [9.17, 15) is 10.1 Å². The molecule has 1 atom stereocenters. The van der Waals surface area contributed by atoms with E-state index >= 15 is 0 Å². The lowest BCUT2D eigenvalue weighted by Gasteiger charge is -2.05. The standard InChI is InChI=1S/C9H10N4O2/c1-6-4-11-9(12-6)7-2-3-10-5-8(7)13(14)15/h2-3,5-6H,4H2,1H3,(H,11,12). The van der Waals surface area contributed by atoms with E-state index in [1.807, 2.05) is 6.92 Å². The van der Waals surface area contributed by atoms with E-state index < -0.39 is 4.92 Å². The molecule has 0 saturated carbocycles. The van der Waals surface area contributed by atoms with Crippen LogP contribution in [0.2, 0.25) is 0 Å². The number of amidine groups is 1. The van der Waals surface area contributed by atoms with Crippen molar-refractivity contribution >= 4 is 11.5 Å². The predicted molar refractivity (Wildman–Crippen MR) is 54.9 cm³/mol. The van der Waals surface area contributed by atoms with E-state index in [4.69, 9.17) is 0 Å². The summed E-state index contributed by atoms with van der Waals surface area (Å²) < 4.78 is 0. The Balaban J connectivity index is 2.40. The summed E-state index contributed by atoms with van der Waals surface area (Å²) in [5, 5.41) is 13.8. The van der Waals surface area contributed by atoms with Crippen LogP contribution in [-0.2, 0) is 0 Å². The highest BCUT2D eigenvalue weighted by Crippen LogP contribution is 2.18. The van der Waals surface area contributed by atoms with Gasteiger partial charge in [0.2, 0.25) is 0 Å². The third kappa shape index (κ3) is 1.78. The highest BCUT2D eigenvalue weighted by atomic mass is 16.6. The van der Waals surface area contributed by atoms with E-state index in [1.54, 1.807) is 6.07 Å². The lowest BCUT2D eigenvalue weighted by atomic mass is 10.2. The molecule has 0 saturated heterocycles. The lowest BCUT2D eigenvalue weighted by Crippen LogP contribution is -2.28. The van der Waals surface area contributed by atoms with Crippen LogP contribution in [0.5, 0.6) is 0 Å². The Kier molecular flexibility index (Phi) is 2.32. The fraction of sp³-hybridized carbons (Fsp3) is 0.333. The molecule has 0 bridgehead atoms. The van der Waals surface area contributed by atoms with Crippen molar-refractivity contribution in [1.29, 1.82) is 0 Å². The second-order valence-corrected chi connectivity index (χ2v) is 3.38. The van der Waals surface area contributed by atoms with Gasteiger partial charge in [0.25, 0.3) is 5.69 Å². The van der Waals surface area contributed by atoms with Gasteiger partial charge in [-0.2, -0.15) is 0 Å². The summed E-state index contributed by atoms with van der Waals surface area (Å²) in [7, 11) is 0. The number of hydrogen-bond donors (Lipinski definition) is 1. The van der Waals surface area contributed by atoms with E-state index in [0.717, 1.165) is 0 Å². The third-order valence-corrected chi connectivity index (χ3v) is 2.16. The minimum atomic E-state index is -0.449. The zero-order valence-electron chi connectivity index (χ0n) is 8.17. The highest BCUT2D eigenvalue weighted by molar-refractivity contribution is 6.03. The number of pyridine rings is 1. The number of hydrogen-bond acceptors (Lipinski definition) is 5. The van der Waals surface area contributed by atoms with Gasteiger partial charge in [0.15, 0.2) is 0 Å². The van der Waals surface area contributed by atoms with Crippen LogP contribution in [0.15, 0.2) is 23.5 Å². The summed E-state index contributed by atoms with van der Waals surface area (Å²) in [6.45, 7) is 2.62. The van der Waals surface area contributed by atoms with Gasteiger partial charge in [-0.15, -0.1) is 0 Å². The van der Waals surface area contributed by atoms with E-state index in [0.29, 0.717) is 17.9 Å². The smallest absolute Gasteiger partial charge is 0.298 e. The molecule has 1 aliphatic rings. The molecule has 1 aliphatic heterocycles. The van der Waals surface area contributed by atoms with Crippen LogP contribution in [0, 0.1) is 10.1 Å². The number of aliphatic imine (C=N–C) groups is 1. The lowest BCUT2D eigenvalue weighted by molar-refractivity contribution is -0.385. The van der Waals surface area contributed by atoms with Crippen LogP contribution < -0.4 is 5.32 Å². The van der Waals surface area contributed by atoms with E-state index in [-0.39, 0.29) is 11.7 Å². The molecule has 1 aromatic heterocycles. The summed E-state index contributed by atoms with van der Waals surface area (Å²) in [6, 6.07) is 1.83. The Hall–Kier alpha value is -1.98. The van der Waals surface area contributed by atoms with Crippen LogP contribution in [-0.4, -0.2) is 28.3 Å². The Bertz CT molecular complexity index is 430. The molecule has 78 valence electrons. The Morgan fingerprint density at radius 2 is 2.47 bits per heavy atom. The zero-order valence-corrected chi connectivity index (χ0v) is 8.17. The third-order valence-electron chi connectivity index (χ3n) is 2.16. The summed E-state index contributed by atoms with van der Waals surface area (Å²) in [5.74, 6) is 0.580. The average molecular weight is 206 g/mol. The molecule has 0 aromatic carbocycles. The van der Waals surface area contributed by atoms with Crippen molar-refractivity contribution in [2.75, 3.05) is 6.54 Å². The quantitative estimate of drug-likeness (QED) is 0.571. The minimum absolute atomic E-state index is 0.0159. The zero-order chi connectivity index (χ0) is 10.8. The minimum Gasteiger partial charge on any atom is -0.365 e. The molecule has 0 aliphatic carbocycles. The number of aromatic nitrogens is 1. The Labute approximate surface area is 86.2 Å². The Morgan fingerprint density at radius 1 is 1.67 bits per heavy atom. The molecule has 1 unspecified atom stereocenters. The van der Waals surface area contributed by atoms with Gasteiger partial charge in [-0.05, 0) is 13.0 Å². The fourth-order valence-corrected chi connectivity index (χ4v) is 1.45. The molecule has 6 heteroatoms. The van der Waals surface area contributed by atoms with Crippen LogP contribution in [0.25, 0.3) is 0 Å². The first-order chi connectivity index (χ1) is 7.18. The van der Waals surface area contributed by atoms with Gasteiger partial charge < -0.3 is 5.32 Å². The topological polar surface area (TPSA) is 80.4 Å². The molecular formula is C9H10N4O2. The molecule has 2 rings (SSSR count). The maximum absolute atomic E-state index is 10.7. The van der Waals surface area contributed by atoms with Crippen LogP contribution in [0.4, 0.5) is 5.69 Å². The summed E-state index contributed by atoms with van der Waals surface area (Å²) in [6.07, 6.45) is 2.76. The van der Waals surface area contributed by atoms with Crippen molar-refractivity contribution in [1.82, 2.24) is 10.3 Å². The summed E-state index contributed by atoms with van der Waals surface area (Å²) in [5.41, 5.74) is 0.484. The number of nitro groups is 1. The van der Waals surface area contributed by atoms with Gasteiger partial charge in [-0.25, -0.2) is 0 Å². The van der Waals surface area contributed by atoms with Gasteiger partial charge in [0.05, 0.1) is 17.0 Å².